The average Bonchev–Trinajstić information content (AvgIpc) is 3.22. The fourth-order valence-electron chi connectivity index (χ4n) is 3.31. The highest BCUT2D eigenvalue weighted by molar-refractivity contribution is 7.89. The molecule has 1 aliphatic rings. The average molecular weight is 380 g/mol. The maximum Gasteiger partial charge on any atom is 0.249 e. The van der Waals surface area contributed by atoms with E-state index >= 15 is 0 Å². The van der Waals surface area contributed by atoms with Crippen LogP contribution in [0.2, 0.25) is 0 Å². The fraction of sp³-hybridized carbons (Fsp3) is 0.562. The Morgan fingerprint density at radius 3 is 2.69 bits per heavy atom. The van der Waals surface area contributed by atoms with Crippen LogP contribution < -0.4 is 10.6 Å². The van der Waals surface area contributed by atoms with Gasteiger partial charge in [0.1, 0.15) is 22.2 Å². The second kappa shape index (κ2) is 7.29. The first-order valence-electron chi connectivity index (χ1n) is 8.53. The van der Waals surface area contributed by atoms with E-state index in [1.165, 1.54) is 4.31 Å². The molecule has 0 amide bonds. The second-order valence-electron chi connectivity index (χ2n) is 6.31. The quantitative estimate of drug-likeness (QED) is 0.772. The third kappa shape index (κ3) is 3.31. The van der Waals surface area contributed by atoms with Crippen LogP contribution >= 0.6 is 0 Å². The number of nitrogens with zero attached hydrogens (tertiary/aromatic N) is 4. The Morgan fingerprint density at radius 2 is 2.08 bits per heavy atom. The first kappa shape index (κ1) is 18.7. The summed E-state index contributed by atoms with van der Waals surface area (Å²) < 4.78 is 33.0. The van der Waals surface area contributed by atoms with E-state index in [2.05, 4.69) is 25.8 Å². The van der Waals surface area contributed by atoms with Gasteiger partial charge in [-0.3, -0.25) is 0 Å². The molecule has 2 aromatic heterocycles. The van der Waals surface area contributed by atoms with Crippen LogP contribution in [0.5, 0.6) is 0 Å². The molecule has 0 aromatic carbocycles. The number of sulfonamides is 1. The monoisotopic (exact) mass is 380 g/mol. The van der Waals surface area contributed by atoms with Crippen LogP contribution in [0.1, 0.15) is 41.9 Å². The summed E-state index contributed by atoms with van der Waals surface area (Å²) in [7, 11) is -0.120. The Hall–Kier alpha value is -2.04. The van der Waals surface area contributed by atoms with Gasteiger partial charge >= 0.3 is 0 Å². The molecule has 3 rings (SSSR count). The maximum atomic E-state index is 13.2. The van der Waals surface area contributed by atoms with Gasteiger partial charge in [-0.2, -0.15) is 4.31 Å². The van der Waals surface area contributed by atoms with Crippen molar-refractivity contribution < 1.29 is 12.9 Å². The van der Waals surface area contributed by atoms with E-state index in [0.717, 1.165) is 12.1 Å². The van der Waals surface area contributed by atoms with E-state index in [-0.39, 0.29) is 4.90 Å². The first-order valence-corrected chi connectivity index (χ1v) is 9.97. The van der Waals surface area contributed by atoms with Gasteiger partial charge in [0, 0.05) is 26.2 Å². The van der Waals surface area contributed by atoms with Crippen LogP contribution in [0.4, 0.5) is 5.82 Å². The molecule has 0 bridgehead atoms. The standard InChI is InChI=1S/C16H24N6O3S/c1-10-15(11(2)25-21-10)26(23,24)22-7-5-6-13(22)16-19-12(9-17-3)8-14(18-4)20-16/h8,13,17H,5-7,9H2,1-4H3,(H,18,19,20)/t13-/m1/s1. The molecular formula is C16H24N6O3S. The number of hydrogen-bond acceptors (Lipinski definition) is 8. The van der Waals surface area contributed by atoms with Gasteiger partial charge < -0.3 is 15.2 Å². The van der Waals surface area contributed by atoms with Crippen molar-refractivity contribution in [2.75, 3.05) is 26.0 Å². The summed E-state index contributed by atoms with van der Waals surface area (Å²) >= 11 is 0. The van der Waals surface area contributed by atoms with Crippen molar-refractivity contribution in [3.8, 4) is 0 Å². The SMILES string of the molecule is CNCc1cc(NC)nc([C@H]2CCCN2S(=O)(=O)c2c(C)noc2C)n1. The highest BCUT2D eigenvalue weighted by Crippen LogP contribution is 2.37. The zero-order chi connectivity index (χ0) is 18.9. The molecule has 10 heteroatoms. The molecule has 26 heavy (non-hydrogen) atoms. The molecule has 2 aromatic rings. The van der Waals surface area contributed by atoms with Crippen molar-refractivity contribution in [2.45, 2.75) is 44.2 Å². The van der Waals surface area contributed by atoms with Gasteiger partial charge in [-0.1, -0.05) is 5.16 Å². The Morgan fingerprint density at radius 1 is 1.31 bits per heavy atom. The smallest absolute Gasteiger partial charge is 0.249 e. The molecule has 0 saturated carbocycles. The molecule has 0 aliphatic carbocycles. The Kier molecular flexibility index (Phi) is 5.26. The minimum absolute atomic E-state index is 0.143. The second-order valence-corrected chi connectivity index (χ2v) is 8.14. The van der Waals surface area contributed by atoms with Gasteiger partial charge in [0.2, 0.25) is 10.0 Å². The zero-order valence-electron chi connectivity index (χ0n) is 15.4. The normalized spacial score (nSPS) is 18.4. The summed E-state index contributed by atoms with van der Waals surface area (Å²) in [6.45, 7) is 4.25. The number of rotatable bonds is 6. The van der Waals surface area contributed by atoms with Gasteiger partial charge in [0.05, 0.1) is 11.7 Å². The molecule has 9 nitrogen and oxygen atoms in total. The van der Waals surface area contributed by atoms with E-state index in [1.807, 2.05) is 13.1 Å². The highest BCUT2D eigenvalue weighted by atomic mass is 32.2. The van der Waals surface area contributed by atoms with Crippen molar-refractivity contribution in [2.24, 2.45) is 0 Å². The third-order valence-electron chi connectivity index (χ3n) is 4.45. The summed E-state index contributed by atoms with van der Waals surface area (Å²) in [5.74, 6) is 1.48. The van der Waals surface area contributed by atoms with Gasteiger partial charge in [-0.25, -0.2) is 18.4 Å². The van der Waals surface area contributed by atoms with E-state index in [4.69, 9.17) is 4.52 Å². The van der Waals surface area contributed by atoms with Crippen molar-refractivity contribution in [3.05, 3.63) is 29.0 Å². The molecular weight excluding hydrogens is 356 g/mol. The Labute approximate surface area is 153 Å². The molecule has 1 atom stereocenters. The summed E-state index contributed by atoms with van der Waals surface area (Å²) in [5.41, 5.74) is 1.18. The maximum absolute atomic E-state index is 13.2. The van der Waals surface area contributed by atoms with Crippen molar-refractivity contribution >= 4 is 15.8 Å². The first-order chi connectivity index (χ1) is 12.4. The molecule has 0 spiro atoms. The van der Waals surface area contributed by atoms with Crippen LogP contribution in [0.15, 0.2) is 15.5 Å². The number of aryl methyl sites for hydroxylation is 2. The number of aromatic nitrogens is 3. The predicted molar refractivity (Wildman–Crippen MR) is 96.2 cm³/mol. The number of anilines is 1. The van der Waals surface area contributed by atoms with Crippen molar-refractivity contribution in [3.63, 3.8) is 0 Å². The third-order valence-corrected chi connectivity index (χ3v) is 6.60. The lowest BCUT2D eigenvalue weighted by Gasteiger charge is -2.23. The lowest BCUT2D eigenvalue weighted by atomic mass is 10.2. The molecule has 142 valence electrons. The fourth-order valence-corrected chi connectivity index (χ4v) is 5.26. The molecule has 0 radical (unpaired) electrons. The molecule has 0 unspecified atom stereocenters. The summed E-state index contributed by atoms with van der Waals surface area (Å²) in [6.07, 6.45) is 1.43. The van der Waals surface area contributed by atoms with Gasteiger partial charge in [-0.15, -0.1) is 0 Å². The molecule has 1 aliphatic heterocycles. The highest BCUT2D eigenvalue weighted by Gasteiger charge is 2.40. The zero-order valence-corrected chi connectivity index (χ0v) is 16.2. The topological polar surface area (TPSA) is 113 Å². The van der Waals surface area contributed by atoms with E-state index in [9.17, 15) is 8.42 Å². The minimum Gasteiger partial charge on any atom is -0.373 e. The van der Waals surface area contributed by atoms with Crippen LogP contribution in [-0.4, -0.2) is 48.5 Å². The van der Waals surface area contributed by atoms with Gasteiger partial charge in [0.25, 0.3) is 0 Å². The van der Waals surface area contributed by atoms with Crippen LogP contribution in [0, 0.1) is 13.8 Å². The lowest BCUT2D eigenvalue weighted by Crippen LogP contribution is -2.32. The van der Waals surface area contributed by atoms with E-state index in [1.54, 1.807) is 20.9 Å². The molecule has 2 N–H and O–H groups in total. The van der Waals surface area contributed by atoms with Crippen LogP contribution in [-0.2, 0) is 16.6 Å². The summed E-state index contributed by atoms with van der Waals surface area (Å²) in [5, 5.41) is 9.87. The van der Waals surface area contributed by atoms with Crippen molar-refractivity contribution in [1.82, 2.24) is 24.7 Å². The number of hydrogen-bond donors (Lipinski definition) is 2. The number of nitrogens with one attached hydrogen (secondary N) is 2. The van der Waals surface area contributed by atoms with Crippen LogP contribution in [0.3, 0.4) is 0 Å². The van der Waals surface area contributed by atoms with Gasteiger partial charge in [-0.05, 0) is 33.7 Å². The molecule has 3 heterocycles. The van der Waals surface area contributed by atoms with Gasteiger partial charge in [0.15, 0.2) is 5.76 Å². The Bertz CT molecular complexity index is 876. The molecule has 1 fully saturated rings. The predicted octanol–water partition coefficient (Wildman–Crippen LogP) is 1.37. The minimum atomic E-state index is -3.74. The largest absolute Gasteiger partial charge is 0.373 e. The summed E-state index contributed by atoms with van der Waals surface area (Å²) in [4.78, 5) is 9.24. The summed E-state index contributed by atoms with van der Waals surface area (Å²) in [6, 6.07) is 1.44. The van der Waals surface area contributed by atoms with E-state index in [0.29, 0.717) is 42.6 Å². The Balaban J connectivity index is 2.02. The van der Waals surface area contributed by atoms with Crippen molar-refractivity contribution in [1.29, 1.82) is 0 Å². The lowest BCUT2D eigenvalue weighted by molar-refractivity contribution is 0.376. The van der Waals surface area contributed by atoms with Crippen LogP contribution in [0.25, 0.3) is 0 Å². The molecule has 1 saturated heterocycles. The van der Waals surface area contributed by atoms with E-state index < -0.39 is 16.1 Å².